The number of hydrogen-bond donors (Lipinski definition) is 1. The highest BCUT2D eigenvalue weighted by Crippen LogP contribution is 2.38. The number of nitrogens with one attached hydrogen (secondary N) is 1. The summed E-state index contributed by atoms with van der Waals surface area (Å²) in [7, 11) is -1.21. The molecule has 0 aromatic rings. The van der Waals surface area contributed by atoms with Gasteiger partial charge in [0.25, 0.3) is 0 Å². The topological polar surface area (TPSA) is 55.4 Å². The number of sulfone groups is 1. The number of ether oxygens (including phenoxy) is 1. The molecule has 0 radical (unpaired) electrons. The quantitative estimate of drug-likeness (QED) is 0.856. The molecular weight excluding hydrogens is 262 g/mol. The van der Waals surface area contributed by atoms with Gasteiger partial charge in [0.05, 0.1) is 17.1 Å². The smallest absolute Gasteiger partial charge is 0.157 e. The lowest BCUT2D eigenvalue weighted by Crippen LogP contribution is -2.50. The molecule has 0 spiro atoms. The van der Waals surface area contributed by atoms with Crippen LogP contribution in [0.2, 0.25) is 0 Å². The second-order valence-corrected chi connectivity index (χ2v) is 9.07. The third kappa shape index (κ3) is 3.70. The molecule has 3 unspecified atom stereocenters. The fraction of sp³-hybridized carbons (Fsp3) is 1.00. The van der Waals surface area contributed by atoms with Gasteiger partial charge in [-0.2, -0.15) is 0 Å². The van der Waals surface area contributed by atoms with E-state index in [-0.39, 0.29) is 28.6 Å². The second kappa shape index (κ2) is 5.70. The van der Waals surface area contributed by atoms with Crippen LogP contribution in [0.3, 0.4) is 0 Å². The summed E-state index contributed by atoms with van der Waals surface area (Å²) < 4.78 is 30.9. The Bertz CT molecular complexity index is 399. The molecule has 1 aliphatic heterocycles. The summed E-state index contributed by atoms with van der Waals surface area (Å²) in [5.41, 5.74) is 0.127. The van der Waals surface area contributed by atoms with Crippen LogP contribution in [0.1, 0.15) is 46.0 Å². The van der Waals surface area contributed by atoms with Gasteiger partial charge >= 0.3 is 0 Å². The average Bonchev–Trinajstić information content (AvgIpc) is 2.80. The van der Waals surface area contributed by atoms with Crippen LogP contribution < -0.4 is 5.32 Å². The van der Waals surface area contributed by atoms with Crippen LogP contribution in [-0.4, -0.2) is 45.2 Å². The normalized spacial score (nSPS) is 35.4. The summed E-state index contributed by atoms with van der Waals surface area (Å²) in [4.78, 5) is 0. The molecule has 2 rings (SSSR count). The van der Waals surface area contributed by atoms with Gasteiger partial charge in [-0.25, -0.2) is 8.42 Å². The molecule has 1 saturated carbocycles. The molecule has 2 fully saturated rings. The molecule has 0 bridgehead atoms. The molecule has 1 heterocycles. The molecule has 0 aromatic heterocycles. The van der Waals surface area contributed by atoms with Crippen molar-refractivity contribution in [2.75, 3.05) is 19.4 Å². The Morgan fingerprint density at radius 2 is 2.05 bits per heavy atom. The van der Waals surface area contributed by atoms with Crippen molar-refractivity contribution in [1.82, 2.24) is 5.32 Å². The van der Waals surface area contributed by atoms with E-state index in [0.29, 0.717) is 6.61 Å². The second-order valence-electron chi connectivity index (χ2n) is 6.81. The Kier molecular flexibility index (Phi) is 4.58. The Labute approximate surface area is 117 Å². The van der Waals surface area contributed by atoms with Crippen LogP contribution in [0.15, 0.2) is 0 Å². The van der Waals surface area contributed by atoms with E-state index in [4.69, 9.17) is 4.74 Å². The largest absolute Gasteiger partial charge is 0.377 e. The summed E-state index contributed by atoms with van der Waals surface area (Å²) in [6, 6.07) is 0.0967. The molecule has 0 amide bonds. The maximum absolute atomic E-state index is 12.7. The van der Waals surface area contributed by atoms with Crippen molar-refractivity contribution in [3.05, 3.63) is 0 Å². The van der Waals surface area contributed by atoms with Gasteiger partial charge in [0, 0.05) is 12.6 Å². The monoisotopic (exact) mass is 289 g/mol. The molecule has 3 atom stereocenters. The standard InChI is InChI=1S/C14H27NO3S/c1-14(2)7-6-12(15-3)13(9-14)19(16,17)10-11-5-4-8-18-11/h11-13,15H,4-10H2,1-3H3. The third-order valence-electron chi connectivity index (χ3n) is 4.61. The van der Waals surface area contributed by atoms with Gasteiger partial charge in [-0.3, -0.25) is 0 Å². The molecule has 1 aliphatic carbocycles. The van der Waals surface area contributed by atoms with Crippen molar-refractivity contribution in [1.29, 1.82) is 0 Å². The Morgan fingerprint density at radius 1 is 1.32 bits per heavy atom. The first-order chi connectivity index (χ1) is 8.84. The summed E-state index contributed by atoms with van der Waals surface area (Å²) in [6.45, 7) is 5.06. The van der Waals surface area contributed by atoms with Crippen molar-refractivity contribution >= 4 is 9.84 Å². The zero-order valence-electron chi connectivity index (χ0n) is 12.3. The highest BCUT2D eigenvalue weighted by atomic mass is 32.2. The minimum atomic E-state index is -3.09. The van der Waals surface area contributed by atoms with Gasteiger partial charge in [-0.05, 0) is 44.6 Å². The van der Waals surface area contributed by atoms with E-state index in [1.807, 2.05) is 7.05 Å². The zero-order valence-corrected chi connectivity index (χ0v) is 13.1. The minimum absolute atomic E-state index is 0.0763. The maximum atomic E-state index is 12.7. The van der Waals surface area contributed by atoms with Gasteiger partial charge in [-0.1, -0.05) is 13.8 Å². The SMILES string of the molecule is CNC1CCC(C)(C)CC1S(=O)(=O)CC1CCCO1. The lowest BCUT2D eigenvalue weighted by Gasteiger charge is -2.40. The molecule has 112 valence electrons. The van der Waals surface area contributed by atoms with Gasteiger partial charge in [0.2, 0.25) is 0 Å². The van der Waals surface area contributed by atoms with Crippen molar-refractivity contribution in [3.63, 3.8) is 0 Å². The van der Waals surface area contributed by atoms with Gasteiger partial charge in [-0.15, -0.1) is 0 Å². The molecule has 19 heavy (non-hydrogen) atoms. The molecule has 0 aromatic carbocycles. The Hall–Kier alpha value is -0.130. The van der Waals surface area contributed by atoms with Crippen molar-refractivity contribution in [2.24, 2.45) is 5.41 Å². The fourth-order valence-electron chi connectivity index (χ4n) is 3.39. The van der Waals surface area contributed by atoms with E-state index in [0.717, 1.165) is 32.1 Å². The van der Waals surface area contributed by atoms with E-state index in [2.05, 4.69) is 19.2 Å². The predicted octanol–water partition coefficient (Wildman–Crippen LogP) is 1.75. The van der Waals surface area contributed by atoms with E-state index in [1.165, 1.54) is 0 Å². The van der Waals surface area contributed by atoms with Crippen LogP contribution in [0.5, 0.6) is 0 Å². The van der Waals surface area contributed by atoms with Gasteiger partial charge < -0.3 is 10.1 Å². The summed E-state index contributed by atoms with van der Waals surface area (Å²) in [5.74, 6) is 0.200. The Morgan fingerprint density at radius 3 is 2.63 bits per heavy atom. The molecular formula is C14H27NO3S. The molecule has 5 heteroatoms. The molecule has 2 aliphatic rings. The van der Waals surface area contributed by atoms with Gasteiger partial charge in [0.15, 0.2) is 9.84 Å². The van der Waals surface area contributed by atoms with Crippen LogP contribution in [-0.2, 0) is 14.6 Å². The van der Waals surface area contributed by atoms with E-state index in [1.54, 1.807) is 0 Å². The third-order valence-corrected chi connectivity index (χ3v) is 6.86. The first-order valence-corrected chi connectivity index (χ1v) is 9.06. The number of rotatable bonds is 4. The van der Waals surface area contributed by atoms with E-state index in [9.17, 15) is 8.42 Å². The van der Waals surface area contributed by atoms with Crippen molar-refractivity contribution in [3.8, 4) is 0 Å². The predicted molar refractivity (Wildman–Crippen MR) is 77.0 cm³/mol. The first kappa shape index (κ1) is 15.3. The number of hydrogen-bond acceptors (Lipinski definition) is 4. The van der Waals surface area contributed by atoms with Crippen molar-refractivity contribution in [2.45, 2.75) is 63.3 Å². The Balaban J connectivity index is 2.10. The summed E-state index contributed by atoms with van der Waals surface area (Å²) >= 11 is 0. The zero-order chi connectivity index (χ0) is 14.1. The highest BCUT2D eigenvalue weighted by molar-refractivity contribution is 7.92. The van der Waals surface area contributed by atoms with Crippen LogP contribution in [0, 0.1) is 5.41 Å². The van der Waals surface area contributed by atoms with Crippen LogP contribution >= 0.6 is 0 Å². The van der Waals surface area contributed by atoms with Crippen molar-refractivity contribution < 1.29 is 13.2 Å². The summed E-state index contributed by atoms with van der Waals surface area (Å²) in [5, 5.41) is 2.94. The molecule has 1 N–H and O–H groups in total. The lowest BCUT2D eigenvalue weighted by atomic mass is 9.75. The lowest BCUT2D eigenvalue weighted by molar-refractivity contribution is 0.126. The van der Waals surface area contributed by atoms with Gasteiger partial charge in [0.1, 0.15) is 0 Å². The minimum Gasteiger partial charge on any atom is -0.377 e. The van der Waals surface area contributed by atoms with E-state index < -0.39 is 9.84 Å². The molecule has 1 saturated heterocycles. The average molecular weight is 289 g/mol. The maximum Gasteiger partial charge on any atom is 0.157 e. The van der Waals surface area contributed by atoms with Crippen LogP contribution in [0.25, 0.3) is 0 Å². The fourth-order valence-corrected chi connectivity index (χ4v) is 5.89. The van der Waals surface area contributed by atoms with E-state index >= 15 is 0 Å². The molecule has 4 nitrogen and oxygen atoms in total. The summed E-state index contributed by atoms with van der Waals surface area (Å²) in [6.07, 6.45) is 4.59. The highest BCUT2D eigenvalue weighted by Gasteiger charge is 2.42. The van der Waals surface area contributed by atoms with Crippen LogP contribution in [0.4, 0.5) is 0 Å². The first-order valence-electron chi connectivity index (χ1n) is 7.34.